The molecule has 0 bridgehead atoms. The number of fused-ring (bicyclic) bond motifs is 1. The minimum atomic E-state index is -0.330. The average molecular weight is 347 g/mol. The third-order valence-corrected chi connectivity index (χ3v) is 3.76. The van der Waals surface area contributed by atoms with Gasteiger partial charge in [-0.25, -0.2) is 4.98 Å². The Morgan fingerprint density at radius 2 is 1.92 bits per heavy atom. The second kappa shape index (κ2) is 7.64. The zero-order valence-corrected chi connectivity index (χ0v) is 14.1. The lowest BCUT2D eigenvalue weighted by atomic mass is 10.2. The number of nitrogens with one attached hydrogen (secondary N) is 1. The number of carbonyl (C=O) groups is 1. The summed E-state index contributed by atoms with van der Waals surface area (Å²) in [6.07, 6.45) is 0. The molecule has 26 heavy (non-hydrogen) atoms. The van der Waals surface area contributed by atoms with Crippen LogP contribution in [-0.4, -0.2) is 28.6 Å². The number of hydrogen-bond acceptors (Lipinski definition) is 5. The van der Waals surface area contributed by atoms with Crippen molar-refractivity contribution in [3.63, 3.8) is 0 Å². The fraction of sp³-hybridized carbons (Fsp3) is 0.150. The molecule has 1 aromatic heterocycles. The Morgan fingerprint density at radius 1 is 1.19 bits per heavy atom. The number of benzene rings is 2. The first-order valence-electron chi connectivity index (χ1n) is 8.09. The van der Waals surface area contributed by atoms with Gasteiger partial charge in [-0.1, -0.05) is 6.07 Å². The van der Waals surface area contributed by atoms with Crippen LogP contribution in [0.1, 0.15) is 23.0 Å². The molecule has 3 rings (SSSR count). The van der Waals surface area contributed by atoms with Crippen LogP contribution < -0.4 is 10.1 Å². The van der Waals surface area contributed by atoms with Gasteiger partial charge in [0.05, 0.1) is 23.8 Å². The number of nitriles is 1. The molecule has 2 aromatic carbocycles. The highest BCUT2D eigenvalue weighted by Gasteiger charge is 2.11. The third-order valence-electron chi connectivity index (χ3n) is 3.76. The molecule has 0 saturated heterocycles. The molecule has 0 radical (unpaired) electrons. The van der Waals surface area contributed by atoms with Gasteiger partial charge in [-0.2, -0.15) is 5.26 Å². The number of ether oxygens (including phenoxy) is 1. The standard InChI is InChI=1S/C20H17N3O3/c1-13(12-24)22-20(25)19-8-4-15-10-17(7-9-18(15)23-19)26-16-5-2-14(11-21)3-6-16/h2-10,13,24H,12H2,1H3,(H,22,25)/t13-/m1/s1. The van der Waals surface area contributed by atoms with Crippen molar-refractivity contribution in [3.05, 3.63) is 65.9 Å². The maximum absolute atomic E-state index is 12.1. The van der Waals surface area contributed by atoms with Gasteiger partial charge in [0.15, 0.2) is 0 Å². The van der Waals surface area contributed by atoms with Crippen LogP contribution in [-0.2, 0) is 0 Å². The van der Waals surface area contributed by atoms with Crippen molar-refractivity contribution >= 4 is 16.8 Å². The number of pyridine rings is 1. The molecule has 6 heteroatoms. The maximum atomic E-state index is 12.1. The summed E-state index contributed by atoms with van der Waals surface area (Å²) in [5.74, 6) is 0.937. The first-order chi connectivity index (χ1) is 12.6. The highest BCUT2D eigenvalue weighted by Crippen LogP contribution is 2.25. The van der Waals surface area contributed by atoms with E-state index in [2.05, 4.69) is 16.4 Å². The van der Waals surface area contributed by atoms with Gasteiger partial charge in [-0.05, 0) is 55.5 Å². The van der Waals surface area contributed by atoms with E-state index >= 15 is 0 Å². The summed E-state index contributed by atoms with van der Waals surface area (Å²) < 4.78 is 5.79. The highest BCUT2D eigenvalue weighted by atomic mass is 16.5. The highest BCUT2D eigenvalue weighted by molar-refractivity contribution is 5.95. The first kappa shape index (κ1) is 17.4. The molecule has 1 heterocycles. The van der Waals surface area contributed by atoms with Crippen LogP contribution in [0.15, 0.2) is 54.6 Å². The molecule has 1 atom stereocenters. The van der Waals surface area contributed by atoms with E-state index in [4.69, 9.17) is 15.1 Å². The van der Waals surface area contributed by atoms with E-state index in [0.29, 0.717) is 28.3 Å². The Balaban J connectivity index is 1.80. The fourth-order valence-electron chi connectivity index (χ4n) is 2.37. The molecule has 0 aliphatic rings. The lowest BCUT2D eigenvalue weighted by Crippen LogP contribution is -2.35. The summed E-state index contributed by atoms with van der Waals surface area (Å²) in [5, 5.41) is 21.3. The Morgan fingerprint density at radius 3 is 2.62 bits per heavy atom. The number of nitrogens with zero attached hydrogens (tertiary/aromatic N) is 2. The summed E-state index contributed by atoms with van der Waals surface area (Å²) in [7, 11) is 0. The molecule has 0 spiro atoms. The maximum Gasteiger partial charge on any atom is 0.270 e. The SMILES string of the molecule is C[C@H](CO)NC(=O)c1ccc2cc(Oc3ccc(C#N)cc3)ccc2n1. The summed E-state index contributed by atoms with van der Waals surface area (Å²) >= 11 is 0. The van der Waals surface area contributed by atoms with Gasteiger partial charge < -0.3 is 15.2 Å². The van der Waals surface area contributed by atoms with E-state index < -0.39 is 0 Å². The van der Waals surface area contributed by atoms with Gasteiger partial charge in [0, 0.05) is 11.4 Å². The van der Waals surface area contributed by atoms with Gasteiger partial charge >= 0.3 is 0 Å². The van der Waals surface area contributed by atoms with E-state index in [0.717, 1.165) is 5.39 Å². The number of aliphatic hydroxyl groups excluding tert-OH is 1. The fourth-order valence-corrected chi connectivity index (χ4v) is 2.37. The Hall–Kier alpha value is -3.43. The number of aliphatic hydroxyl groups is 1. The van der Waals surface area contributed by atoms with E-state index in [1.54, 1.807) is 55.5 Å². The molecule has 130 valence electrons. The average Bonchev–Trinajstić information content (AvgIpc) is 2.68. The normalized spacial score (nSPS) is 11.6. The molecule has 0 unspecified atom stereocenters. The van der Waals surface area contributed by atoms with Crippen LogP contribution >= 0.6 is 0 Å². The van der Waals surface area contributed by atoms with Crippen LogP contribution in [0.25, 0.3) is 10.9 Å². The van der Waals surface area contributed by atoms with Crippen molar-refractivity contribution in [1.82, 2.24) is 10.3 Å². The molecule has 0 saturated carbocycles. The van der Waals surface area contributed by atoms with Crippen LogP contribution in [0.5, 0.6) is 11.5 Å². The van der Waals surface area contributed by atoms with Crippen molar-refractivity contribution in [2.75, 3.05) is 6.61 Å². The lowest BCUT2D eigenvalue weighted by molar-refractivity contribution is 0.0917. The lowest BCUT2D eigenvalue weighted by Gasteiger charge is -2.11. The Kier molecular flexibility index (Phi) is 5.11. The molecule has 3 aromatic rings. The molecular weight excluding hydrogens is 330 g/mol. The first-order valence-corrected chi connectivity index (χ1v) is 8.09. The van der Waals surface area contributed by atoms with Crippen molar-refractivity contribution in [3.8, 4) is 17.6 Å². The molecule has 6 nitrogen and oxygen atoms in total. The number of amides is 1. The van der Waals surface area contributed by atoms with Crippen LogP contribution in [0.3, 0.4) is 0 Å². The predicted molar refractivity (Wildman–Crippen MR) is 97.0 cm³/mol. The van der Waals surface area contributed by atoms with Crippen LogP contribution in [0.4, 0.5) is 0 Å². The van der Waals surface area contributed by atoms with Crippen LogP contribution in [0, 0.1) is 11.3 Å². The van der Waals surface area contributed by atoms with Gasteiger partial charge in [0.1, 0.15) is 17.2 Å². The summed E-state index contributed by atoms with van der Waals surface area (Å²) in [4.78, 5) is 16.4. The largest absolute Gasteiger partial charge is 0.457 e. The number of hydrogen-bond donors (Lipinski definition) is 2. The van der Waals surface area contributed by atoms with Gasteiger partial charge in [0.2, 0.25) is 0 Å². The number of rotatable bonds is 5. The smallest absolute Gasteiger partial charge is 0.270 e. The topological polar surface area (TPSA) is 95.2 Å². The van der Waals surface area contributed by atoms with E-state index in [-0.39, 0.29) is 18.6 Å². The minimum absolute atomic E-state index is 0.130. The second-order valence-corrected chi connectivity index (χ2v) is 5.85. The zero-order valence-electron chi connectivity index (χ0n) is 14.1. The molecule has 2 N–H and O–H groups in total. The number of carbonyl (C=O) groups excluding carboxylic acids is 1. The third kappa shape index (κ3) is 3.97. The minimum Gasteiger partial charge on any atom is -0.457 e. The quantitative estimate of drug-likeness (QED) is 0.740. The van der Waals surface area contributed by atoms with Crippen LogP contribution in [0.2, 0.25) is 0 Å². The zero-order chi connectivity index (χ0) is 18.5. The summed E-state index contributed by atoms with van der Waals surface area (Å²) in [5.41, 5.74) is 1.53. The van der Waals surface area contributed by atoms with Crippen molar-refractivity contribution < 1.29 is 14.6 Å². The van der Waals surface area contributed by atoms with Crippen molar-refractivity contribution in [2.45, 2.75) is 13.0 Å². The summed E-state index contributed by atoms with van der Waals surface area (Å²) in [6, 6.07) is 17.4. The Bertz CT molecular complexity index is 978. The Labute approximate surface area is 150 Å². The molecular formula is C20H17N3O3. The van der Waals surface area contributed by atoms with Gasteiger partial charge in [0.25, 0.3) is 5.91 Å². The van der Waals surface area contributed by atoms with E-state index in [9.17, 15) is 4.79 Å². The van der Waals surface area contributed by atoms with E-state index in [1.807, 2.05) is 6.07 Å². The molecule has 1 amide bonds. The summed E-state index contributed by atoms with van der Waals surface area (Å²) in [6.45, 7) is 1.58. The van der Waals surface area contributed by atoms with Crippen molar-refractivity contribution in [2.24, 2.45) is 0 Å². The molecule has 0 fully saturated rings. The second-order valence-electron chi connectivity index (χ2n) is 5.85. The number of aromatic nitrogens is 1. The van der Waals surface area contributed by atoms with Gasteiger partial charge in [-0.15, -0.1) is 0 Å². The van der Waals surface area contributed by atoms with Crippen molar-refractivity contribution in [1.29, 1.82) is 5.26 Å². The monoisotopic (exact) mass is 347 g/mol. The van der Waals surface area contributed by atoms with E-state index in [1.165, 1.54) is 0 Å². The molecule has 0 aliphatic carbocycles. The predicted octanol–water partition coefficient (Wildman–Crippen LogP) is 3.01. The molecule has 0 aliphatic heterocycles. The van der Waals surface area contributed by atoms with Gasteiger partial charge in [-0.3, -0.25) is 4.79 Å².